The van der Waals surface area contributed by atoms with Gasteiger partial charge in [0.05, 0.1) is 13.2 Å². The fourth-order valence-corrected chi connectivity index (χ4v) is 4.83. The van der Waals surface area contributed by atoms with E-state index in [1.54, 1.807) is 44.4 Å². The summed E-state index contributed by atoms with van der Waals surface area (Å²) < 4.78 is 6.25. The summed E-state index contributed by atoms with van der Waals surface area (Å²) in [5, 5.41) is 15.8. The molecule has 4 rings (SSSR count). The quantitative estimate of drug-likeness (QED) is 0.240. The second-order valence-electron chi connectivity index (χ2n) is 10.2. The van der Waals surface area contributed by atoms with Crippen LogP contribution >= 0.6 is 0 Å². The van der Waals surface area contributed by atoms with Crippen LogP contribution in [0.5, 0.6) is 5.75 Å². The zero-order valence-electron chi connectivity index (χ0n) is 25.0. The van der Waals surface area contributed by atoms with Crippen molar-refractivity contribution in [3.8, 4) is 5.75 Å². The molecule has 3 N–H and O–H groups in total. The summed E-state index contributed by atoms with van der Waals surface area (Å²) in [5.74, 6) is -0.257. The van der Waals surface area contributed by atoms with Crippen molar-refractivity contribution >= 4 is 40.4 Å². The predicted octanol–water partition coefficient (Wildman–Crippen LogP) is 4.38. The molecule has 0 saturated carbocycles. The van der Waals surface area contributed by atoms with E-state index in [0.29, 0.717) is 22.5 Å². The number of aliphatic hydroxyl groups excluding tert-OH is 1. The number of fused-ring (bicyclic) bond motifs is 1. The number of likely N-dealkylation sites (N-methyl/N-ethyl adjacent to an activating group) is 1. The summed E-state index contributed by atoms with van der Waals surface area (Å²) in [5.41, 5.74) is 7.12. The number of aromatic nitrogens is 1. The molecule has 0 saturated heterocycles. The summed E-state index contributed by atoms with van der Waals surface area (Å²) in [6.45, 7) is 5.81. The van der Waals surface area contributed by atoms with Gasteiger partial charge in [-0.15, -0.1) is 0 Å². The molecular weight excluding hydrogens is 544 g/mol. The largest absolute Gasteiger partial charge is 0.487 e. The van der Waals surface area contributed by atoms with Gasteiger partial charge in [0.2, 0.25) is 11.8 Å². The van der Waals surface area contributed by atoms with E-state index in [-0.39, 0.29) is 31.6 Å². The molecule has 0 atom stereocenters. The van der Waals surface area contributed by atoms with Crippen LogP contribution in [0.15, 0.2) is 66.7 Å². The number of benzene rings is 3. The van der Waals surface area contributed by atoms with Crippen LogP contribution in [0.25, 0.3) is 17.0 Å². The van der Waals surface area contributed by atoms with Crippen molar-refractivity contribution in [2.45, 2.75) is 34.0 Å². The molecule has 0 bridgehead atoms. The van der Waals surface area contributed by atoms with Crippen LogP contribution in [0.2, 0.25) is 0 Å². The van der Waals surface area contributed by atoms with Gasteiger partial charge in [-0.05, 0) is 85.0 Å². The summed E-state index contributed by atoms with van der Waals surface area (Å²) >= 11 is 0. The first kappa shape index (κ1) is 30.9. The van der Waals surface area contributed by atoms with Gasteiger partial charge in [0, 0.05) is 42.5 Å². The van der Waals surface area contributed by atoms with Crippen molar-refractivity contribution in [1.82, 2.24) is 15.6 Å². The summed E-state index contributed by atoms with van der Waals surface area (Å²) in [4.78, 5) is 43.2. The van der Waals surface area contributed by atoms with Gasteiger partial charge in [0.1, 0.15) is 17.9 Å². The van der Waals surface area contributed by atoms with Gasteiger partial charge in [0.15, 0.2) is 0 Å². The zero-order valence-corrected chi connectivity index (χ0v) is 25.0. The van der Waals surface area contributed by atoms with Crippen molar-refractivity contribution in [2.24, 2.45) is 0 Å². The minimum atomic E-state index is -0.407. The molecule has 9 nitrogen and oxygen atoms in total. The normalized spacial score (nSPS) is 11.0. The molecule has 0 aliphatic rings. The molecule has 0 spiro atoms. The number of hydrogen-bond acceptors (Lipinski definition) is 6. The van der Waals surface area contributed by atoms with E-state index in [1.165, 1.54) is 11.0 Å². The Bertz CT molecular complexity index is 1700. The van der Waals surface area contributed by atoms with Crippen LogP contribution in [0.3, 0.4) is 0 Å². The highest BCUT2D eigenvalue weighted by molar-refractivity contribution is 5.99. The van der Waals surface area contributed by atoms with Crippen LogP contribution in [0, 0.1) is 20.8 Å². The number of amides is 3. The Morgan fingerprint density at radius 2 is 1.77 bits per heavy atom. The molecule has 3 amide bonds. The van der Waals surface area contributed by atoms with Crippen LogP contribution in [-0.4, -0.2) is 48.5 Å². The van der Waals surface area contributed by atoms with Crippen LogP contribution in [0.1, 0.15) is 43.9 Å². The first-order chi connectivity index (χ1) is 20.6. The Kier molecular flexibility index (Phi) is 9.90. The maximum atomic E-state index is 13.0. The predicted molar refractivity (Wildman–Crippen MR) is 168 cm³/mol. The van der Waals surface area contributed by atoms with Gasteiger partial charge in [0.25, 0.3) is 5.91 Å². The number of aryl methyl sites for hydroxylation is 2. The van der Waals surface area contributed by atoms with Crippen LogP contribution in [0.4, 0.5) is 5.69 Å². The SMILES string of the molecule is CNC(=O)c1ccc(/C=C/C(=O)NCC(=O)N(C)c2ccc(C)c(COc3cccc4c(CO)cc(C)nc34)c2C)cc1. The Morgan fingerprint density at radius 1 is 1.02 bits per heavy atom. The Labute approximate surface area is 251 Å². The van der Waals surface area contributed by atoms with Crippen LogP contribution in [-0.2, 0) is 22.8 Å². The number of aliphatic hydroxyl groups is 1. The maximum absolute atomic E-state index is 13.0. The summed E-state index contributed by atoms with van der Waals surface area (Å²) in [7, 11) is 3.24. The van der Waals surface area contributed by atoms with E-state index in [9.17, 15) is 19.5 Å². The van der Waals surface area contributed by atoms with Gasteiger partial charge in [-0.1, -0.05) is 30.3 Å². The van der Waals surface area contributed by atoms with E-state index in [1.807, 2.05) is 57.2 Å². The summed E-state index contributed by atoms with van der Waals surface area (Å²) in [6, 6.07) is 18.2. The Hall–Kier alpha value is -5.02. The Balaban J connectivity index is 1.41. The topological polar surface area (TPSA) is 121 Å². The molecule has 4 aromatic rings. The maximum Gasteiger partial charge on any atom is 0.251 e. The monoisotopic (exact) mass is 580 g/mol. The van der Waals surface area contributed by atoms with E-state index in [0.717, 1.165) is 38.9 Å². The molecule has 0 unspecified atom stereocenters. The molecule has 222 valence electrons. The van der Waals surface area contributed by atoms with E-state index in [4.69, 9.17) is 4.74 Å². The third kappa shape index (κ3) is 7.25. The molecule has 0 aliphatic heterocycles. The molecule has 0 fully saturated rings. The zero-order chi connectivity index (χ0) is 31.1. The highest BCUT2D eigenvalue weighted by Crippen LogP contribution is 2.30. The molecule has 0 aliphatic carbocycles. The minimum absolute atomic E-state index is 0.0884. The van der Waals surface area contributed by atoms with E-state index >= 15 is 0 Å². The number of ether oxygens (including phenoxy) is 1. The molecule has 3 aromatic carbocycles. The number of anilines is 1. The van der Waals surface area contributed by atoms with Gasteiger partial charge < -0.3 is 25.4 Å². The molecular formula is C34H36N4O5. The van der Waals surface area contributed by atoms with Crippen molar-refractivity contribution in [2.75, 3.05) is 25.5 Å². The number of carbonyl (C=O) groups is 3. The first-order valence-electron chi connectivity index (χ1n) is 13.9. The van der Waals surface area contributed by atoms with Gasteiger partial charge >= 0.3 is 0 Å². The number of carbonyl (C=O) groups excluding carboxylic acids is 3. The summed E-state index contributed by atoms with van der Waals surface area (Å²) in [6.07, 6.45) is 2.97. The minimum Gasteiger partial charge on any atom is -0.487 e. The highest BCUT2D eigenvalue weighted by Gasteiger charge is 2.18. The third-order valence-corrected chi connectivity index (χ3v) is 7.34. The fourth-order valence-electron chi connectivity index (χ4n) is 4.83. The van der Waals surface area contributed by atoms with E-state index < -0.39 is 5.91 Å². The van der Waals surface area contributed by atoms with Crippen molar-refractivity contribution in [3.05, 3.63) is 106 Å². The molecule has 9 heteroatoms. The standard InChI is InChI=1S/C34H36N4O5/c1-21-9-15-29(23(3)28(21)20-43-30-8-6-7-27-26(19-39)17-22(2)37-33(27)30)38(5)32(41)18-36-31(40)16-12-24-10-13-25(14-11-24)34(42)35-4/h6-17,39H,18-20H2,1-5H3,(H,35,42)(H,36,40)/b16-12+. The number of nitrogens with zero attached hydrogens (tertiary/aromatic N) is 2. The smallest absolute Gasteiger partial charge is 0.251 e. The number of hydrogen-bond donors (Lipinski definition) is 3. The second-order valence-corrected chi connectivity index (χ2v) is 10.2. The number of rotatable bonds is 10. The van der Waals surface area contributed by atoms with Crippen LogP contribution < -0.4 is 20.3 Å². The molecule has 0 radical (unpaired) electrons. The van der Waals surface area contributed by atoms with Gasteiger partial charge in [-0.3, -0.25) is 14.4 Å². The first-order valence-corrected chi connectivity index (χ1v) is 13.9. The third-order valence-electron chi connectivity index (χ3n) is 7.34. The Morgan fingerprint density at radius 3 is 2.47 bits per heavy atom. The van der Waals surface area contributed by atoms with Gasteiger partial charge in [-0.2, -0.15) is 0 Å². The fraction of sp³-hybridized carbons (Fsp3) is 0.235. The number of para-hydroxylation sites is 1. The molecule has 43 heavy (non-hydrogen) atoms. The van der Waals surface area contributed by atoms with Gasteiger partial charge in [-0.25, -0.2) is 4.98 Å². The average Bonchev–Trinajstić information content (AvgIpc) is 3.01. The highest BCUT2D eigenvalue weighted by atomic mass is 16.5. The number of nitrogens with one attached hydrogen (secondary N) is 2. The second kappa shape index (κ2) is 13.8. The van der Waals surface area contributed by atoms with E-state index in [2.05, 4.69) is 15.6 Å². The lowest BCUT2D eigenvalue weighted by Crippen LogP contribution is -2.38. The van der Waals surface area contributed by atoms with Crippen molar-refractivity contribution < 1.29 is 24.2 Å². The molecule has 1 aromatic heterocycles. The lowest BCUT2D eigenvalue weighted by molar-refractivity contribution is -0.122. The lowest BCUT2D eigenvalue weighted by Gasteiger charge is -2.23. The molecule has 1 heterocycles. The van der Waals surface area contributed by atoms with Crippen molar-refractivity contribution in [3.63, 3.8) is 0 Å². The number of pyridine rings is 1. The average molecular weight is 581 g/mol. The lowest BCUT2D eigenvalue weighted by atomic mass is 10.0. The van der Waals surface area contributed by atoms with Crippen molar-refractivity contribution in [1.29, 1.82) is 0 Å².